The highest BCUT2D eigenvalue weighted by Gasteiger charge is 2.30. The number of anilines is 1. The Morgan fingerprint density at radius 3 is 2.41 bits per heavy atom. The van der Waals surface area contributed by atoms with E-state index in [4.69, 9.17) is 10.2 Å². The van der Waals surface area contributed by atoms with Crippen LogP contribution >= 0.6 is 0 Å². The standard InChI is InChI=1S/C16H20N4O6S/c1-10-4-6-11(7-5-10)27(25,26)20(3)15-12(8-17-19(15)2)14(22)18-13(9-21)16(23)24/h4-8,13,21H,9H2,1-3H3,(H,18,22)(H,23,24). The summed E-state index contributed by atoms with van der Waals surface area (Å²) in [4.78, 5) is 23.4. The first-order chi connectivity index (χ1) is 12.6. The number of aliphatic hydroxyl groups excluding tert-OH is 1. The van der Waals surface area contributed by atoms with Gasteiger partial charge in [-0.2, -0.15) is 5.10 Å². The molecule has 1 amide bonds. The van der Waals surface area contributed by atoms with Crippen molar-refractivity contribution < 1.29 is 28.2 Å². The third-order valence-corrected chi connectivity index (χ3v) is 5.68. The number of nitrogens with one attached hydrogen (secondary N) is 1. The van der Waals surface area contributed by atoms with Crippen LogP contribution in [0, 0.1) is 6.92 Å². The van der Waals surface area contributed by atoms with Gasteiger partial charge in [-0.05, 0) is 19.1 Å². The second-order valence-electron chi connectivity index (χ2n) is 5.84. The molecule has 0 radical (unpaired) electrons. The van der Waals surface area contributed by atoms with Crippen molar-refractivity contribution >= 4 is 27.7 Å². The van der Waals surface area contributed by atoms with Crippen LogP contribution in [0.5, 0.6) is 0 Å². The minimum absolute atomic E-state index is 0.0296. The number of aliphatic carboxylic acids is 1. The van der Waals surface area contributed by atoms with Crippen LogP contribution in [0.1, 0.15) is 15.9 Å². The number of aryl methyl sites for hydroxylation is 2. The van der Waals surface area contributed by atoms with Crippen molar-refractivity contribution in [1.29, 1.82) is 0 Å². The molecule has 2 aromatic rings. The Balaban J connectivity index is 2.41. The maximum atomic E-state index is 12.9. The number of carboxylic acids is 1. The lowest BCUT2D eigenvalue weighted by Crippen LogP contribution is -2.43. The Kier molecular flexibility index (Phi) is 5.86. The van der Waals surface area contributed by atoms with Crippen molar-refractivity contribution in [1.82, 2.24) is 15.1 Å². The molecule has 1 atom stereocenters. The number of carbonyl (C=O) groups excluding carboxylic acids is 1. The molecule has 146 valence electrons. The number of hydrogen-bond donors (Lipinski definition) is 3. The summed E-state index contributed by atoms with van der Waals surface area (Å²) in [6.45, 7) is 1.01. The van der Waals surface area contributed by atoms with E-state index in [1.165, 1.54) is 30.9 Å². The van der Waals surface area contributed by atoms with Gasteiger partial charge in [-0.1, -0.05) is 17.7 Å². The van der Waals surface area contributed by atoms with E-state index in [9.17, 15) is 18.0 Å². The lowest BCUT2D eigenvalue weighted by Gasteiger charge is -2.21. The van der Waals surface area contributed by atoms with Crippen molar-refractivity contribution in [3.05, 3.63) is 41.6 Å². The first-order valence-corrected chi connectivity index (χ1v) is 9.25. The summed E-state index contributed by atoms with van der Waals surface area (Å²) >= 11 is 0. The van der Waals surface area contributed by atoms with Crippen LogP contribution < -0.4 is 9.62 Å². The Morgan fingerprint density at radius 1 is 1.30 bits per heavy atom. The first kappa shape index (κ1) is 20.4. The monoisotopic (exact) mass is 396 g/mol. The molecule has 0 aliphatic heterocycles. The van der Waals surface area contributed by atoms with E-state index in [2.05, 4.69) is 10.4 Å². The van der Waals surface area contributed by atoms with Gasteiger partial charge in [0.2, 0.25) is 0 Å². The summed E-state index contributed by atoms with van der Waals surface area (Å²) in [7, 11) is -1.26. The highest BCUT2D eigenvalue weighted by atomic mass is 32.2. The van der Waals surface area contributed by atoms with Crippen molar-refractivity contribution in [2.75, 3.05) is 18.0 Å². The van der Waals surface area contributed by atoms with Gasteiger partial charge in [-0.3, -0.25) is 13.8 Å². The van der Waals surface area contributed by atoms with E-state index in [0.717, 1.165) is 16.1 Å². The summed E-state index contributed by atoms with van der Waals surface area (Å²) in [5, 5.41) is 24.0. The van der Waals surface area contributed by atoms with Crippen LogP contribution in [0.4, 0.5) is 5.82 Å². The predicted molar refractivity (Wildman–Crippen MR) is 96.0 cm³/mol. The van der Waals surface area contributed by atoms with Crippen molar-refractivity contribution in [3.63, 3.8) is 0 Å². The van der Waals surface area contributed by atoms with E-state index < -0.39 is 34.5 Å². The predicted octanol–water partition coefficient (Wildman–Crippen LogP) is -0.271. The normalized spacial score (nSPS) is 12.4. The van der Waals surface area contributed by atoms with Crippen molar-refractivity contribution in [2.45, 2.75) is 17.9 Å². The van der Waals surface area contributed by atoms with Gasteiger partial charge in [0.15, 0.2) is 11.9 Å². The molecule has 0 spiro atoms. The fraction of sp³-hybridized carbons (Fsp3) is 0.312. The van der Waals surface area contributed by atoms with E-state index in [0.29, 0.717) is 0 Å². The van der Waals surface area contributed by atoms with E-state index in [1.807, 2.05) is 6.92 Å². The highest BCUT2D eigenvalue weighted by molar-refractivity contribution is 7.92. The minimum Gasteiger partial charge on any atom is -0.480 e. The molecule has 27 heavy (non-hydrogen) atoms. The Morgan fingerprint density at radius 2 is 1.89 bits per heavy atom. The molecule has 1 unspecified atom stereocenters. The third-order valence-electron chi connectivity index (χ3n) is 3.92. The van der Waals surface area contributed by atoms with Crippen LogP contribution in [0.25, 0.3) is 0 Å². The molecular weight excluding hydrogens is 376 g/mol. The van der Waals surface area contributed by atoms with Gasteiger partial charge in [0, 0.05) is 14.1 Å². The second kappa shape index (κ2) is 7.76. The zero-order valence-corrected chi connectivity index (χ0v) is 15.8. The quantitative estimate of drug-likeness (QED) is 0.585. The molecule has 1 aromatic carbocycles. The van der Waals surface area contributed by atoms with Gasteiger partial charge in [-0.25, -0.2) is 13.2 Å². The Hall–Kier alpha value is -2.92. The largest absolute Gasteiger partial charge is 0.480 e. The van der Waals surface area contributed by atoms with Gasteiger partial charge in [-0.15, -0.1) is 0 Å². The molecule has 3 N–H and O–H groups in total. The number of aromatic nitrogens is 2. The van der Waals surface area contributed by atoms with E-state index in [-0.39, 0.29) is 16.3 Å². The number of carbonyl (C=O) groups is 2. The van der Waals surface area contributed by atoms with Crippen molar-refractivity contribution in [3.8, 4) is 0 Å². The third kappa shape index (κ3) is 4.09. The van der Waals surface area contributed by atoms with Crippen LogP contribution in [0.3, 0.4) is 0 Å². The number of benzene rings is 1. The lowest BCUT2D eigenvalue weighted by atomic mass is 10.2. The minimum atomic E-state index is -3.98. The molecule has 0 saturated carbocycles. The molecule has 11 heteroatoms. The Labute approximate surface area is 156 Å². The fourth-order valence-corrected chi connectivity index (χ4v) is 3.61. The lowest BCUT2D eigenvalue weighted by molar-refractivity contribution is -0.140. The van der Waals surface area contributed by atoms with Crippen LogP contribution in [0.15, 0.2) is 35.4 Å². The maximum Gasteiger partial charge on any atom is 0.328 e. The molecule has 0 bridgehead atoms. The number of hydrogen-bond acceptors (Lipinski definition) is 6. The van der Waals surface area contributed by atoms with Gasteiger partial charge >= 0.3 is 5.97 Å². The van der Waals surface area contributed by atoms with Crippen LogP contribution in [-0.2, 0) is 21.9 Å². The summed E-state index contributed by atoms with van der Waals surface area (Å²) in [6.07, 6.45) is 1.13. The average molecular weight is 396 g/mol. The number of aliphatic hydroxyl groups is 1. The zero-order chi connectivity index (χ0) is 20.4. The SMILES string of the molecule is Cc1ccc(S(=O)(=O)N(C)c2c(C(=O)NC(CO)C(=O)O)cnn2C)cc1. The molecule has 1 heterocycles. The molecule has 0 saturated heterocycles. The summed E-state index contributed by atoms with van der Waals surface area (Å²) in [5.41, 5.74) is 0.747. The fourth-order valence-electron chi connectivity index (χ4n) is 2.37. The number of carboxylic acid groups (broad SMARTS) is 1. The van der Waals surface area contributed by atoms with Crippen LogP contribution in [-0.4, -0.2) is 60.0 Å². The summed E-state index contributed by atoms with van der Waals surface area (Å²) < 4.78 is 27.8. The number of sulfonamides is 1. The van der Waals surface area contributed by atoms with Gasteiger partial charge in [0.25, 0.3) is 15.9 Å². The van der Waals surface area contributed by atoms with E-state index >= 15 is 0 Å². The van der Waals surface area contributed by atoms with Gasteiger partial charge in [0.05, 0.1) is 17.7 Å². The number of amides is 1. The smallest absolute Gasteiger partial charge is 0.328 e. The maximum absolute atomic E-state index is 12.9. The number of nitrogens with zero attached hydrogens (tertiary/aromatic N) is 3. The van der Waals surface area contributed by atoms with Crippen LogP contribution in [0.2, 0.25) is 0 Å². The summed E-state index contributed by atoms with van der Waals surface area (Å²) in [5.74, 6) is -2.34. The van der Waals surface area contributed by atoms with Gasteiger partial charge in [0.1, 0.15) is 5.56 Å². The molecule has 0 aliphatic rings. The Bertz CT molecular complexity index is 952. The molecule has 1 aromatic heterocycles. The number of rotatable bonds is 7. The van der Waals surface area contributed by atoms with Crippen molar-refractivity contribution in [2.24, 2.45) is 7.05 Å². The molecule has 2 rings (SSSR count). The van der Waals surface area contributed by atoms with Gasteiger partial charge < -0.3 is 15.5 Å². The topological polar surface area (TPSA) is 142 Å². The molecular formula is C16H20N4O6S. The second-order valence-corrected chi connectivity index (χ2v) is 7.81. The molecule has 0 aliphatic carbocycles. The first-order valence-electron chi connectivity index (χ1n) is 7.81. The van der Waals surface area contributed by atoms with E-state index in [1.54, 1.807) is 12.1 Å². The summed E-state index contributed by atoms with van der Waals surface area (Å²) in [6, 6.07) is 4.67. The highest BCUT2D eigenvalue weighted by Crippen LogP contribution is 2.25. The zero-order valence-electron chi connectivity index (χ0n) is 14.9. The molecule has 0 fully saturated rings. The molecule has 10 nitrogen and oxygen atoms in total. The average Bonchev–Trinajstić information content (AvgIpc) is 3.00.